The smallest absolute Gasteiger partial charge is 0.222 e. The van der Waals surface area contributed by atoms with Gasteiger partial charge < -0.3 is 10.1 Å². The van der Waals surface area contributed by atoms with Crippen LogP contribution in [0.2, 0.25) is 0 Å². The van der Waals surface area contributed by atoms with E-state index < -0.39 is 0 Å². The molecule has 0 saturated heterocycles. The fourth-order valence-electron chi connectivity index (χ4n) is 2.16. The van der Waals surface area contributed by atoms with E-state index in [1.807, 2.05) is 25.1 Å². The van der Waals surface area contributed by atoms with Crippen LogP contribution in [0.5, 0.6) is 11.6 Å². The zero-order valence-corrected chi connectivity index (χ0v) is 10.3. The van der Waals surface area contributed by atoms with Gasteiger partial charge in [-0.2, -0.15) is 0 Å². The van der Waals surface area contributed by atoms with Crippen molar-refractivity contribution in [1.82, 2.24) is 9.97 Å². The maximum Gasteiger partial charge on any atom is 0.222 e. The zero-order chi connectivity index (χ0) is 12.4. The van der Waals surface area contributed by atoms with Crippen molar-refractivity contribution in [3.8, 4) is 11.6 Å². The summed E-state index contributed by atoms with van der Waals surface area (Å²) >= 11 is 0. The van der Waals surface area contributed by atoms with E-state index in [1.54, 1.807) is 0 Å². The second-order valence-corrected chi connectivity index (χ2v) is 4.42. The molecule has 0 unspecified atom stereocenters. The minimum absolute atomic E-state index is 0.586. The summed E-state index contributed by atoms with van der Waals surface area (Å²) in [6.07, 6.45) is 3.79. The van der Waals surface area contributed by atoms with Crippen molar-refractivity contribution in [2.75, 3.05) is 11.9 Å². The van der Waals surface area contributed by atoms with Crippen LogP contribution < -0.4 is 10.1 Å². The molecule has 4 heteroatoms. The van der Waals surface area contributed by atoms with Crippen LogP contribution in [-0.2, 0) is 6.42 Å². The van der Waals surface area contributed by atoms with Gasteiger partial charge in [-0.25, -0.2) is 9.97 Å². The van der Waals surface area contributed by atoms with Gasteiger partial charge in [-0.05, 0) is 31.4 Å². The fourth-order valence-corrected chi connectivity index (χ4v) is 2.16. The van der Waals surface area contributed by atoms with Crippen molar-refractivity contribution in [3.63, 3.8) is 0 Å². The molecular weight excluding hydrogens is 226 g/mol. The Kier molecular flexibility index (Phi) is 2.84. The van der Waals surface area contributed by atoms with Crippen molar-refractivity contribution < 1.29 is 4.74 Å². The molecule has 1 aromatic heterocycles. The van der Waals surface area contributed by atoms with E-state index in [9.17, 15) is 0 Å². The highest BCUT2D eigenvalue weighted by Crippen LogP contribution is 2.34. The number of para-hydroxylation sites is 1. The van der Waals surface area contributed by atoms with E-state index in [-0.39, 0.29) is 0 Å². The molecule has 1 N–H and O–H groups in total. The van der Waals surface area contributed by atoms with Gasteiger partial charge in [0.25, 0.3) is 0 Å². The third-order valence-corrected chi connectivity index (χ3v) is 3.03. The number of nitrogens with one attached hydrogen (secondary N) is 1. The summed E-state index contributed by atoms with van der Waals surface area (Å²) < 4.78 is 5.84. The number of aryl methyl sites for hydroxylation is 2. The van der Waals surface area contributed by atoms with Crippen LogP contribution in [0.1, 0.15) is 17.7 Å². The van der Waals surface area contributed by atoms with E-state index in [0.29, 0.717) is 5.88 Å². The molecule has 0 amide bonds. The summed E-state index contributed by atoms with van der Waals surface area (Å²) in [4.78, 5) is 8.18. The standard InChI is InChI=1S/C14H15N3O/c1-10-8-13(17-9-16-10)18-12-6-2-4-11-5-3-7-15-14(11)12/h2,4,6,8-9,15H,3,5,7H2,1H3. The number of nitrogens with zero attached hydrogens (tertiary/aromatic N) is 2. The van der Waals surface area contributed by atoms with Crippen molar-refractivity contribution in [2.24, 2.45) is 0 Å². The lowest BCUT2D eigenvalue weighted by Crippen LogP contribution is -2.12. The molecule has 0 saturated carbocycles. The second kappa shape index (κ2) is 4.64. The first-order valence-electron chi connectivity index (χ1n) is 6.15. The van der Waals surface area contributed by atoms with Gasteiger partial charge in [-0.3, -0.25) is 0 Å². The minimum Gasteiger partial charge on any atom is -0.437 e. The quantitative estimate of drug-likeness (QED) is 0.878. The average molecular weight is 241 g/mol. The Hall–Kier alpha value is -2.10. The van der Waals surface area contributed by atoms with Gasteiger partial charge in [-0.15, -0.1) is 0 Å². The molecule has 1 aliphatic rings. The molecule has 0 aliphatic carbocycles. The second-order valence-electron chi connectivity index (χ2n) is 4.42. The molecule has 2 heterocycles. The third-order valence-electron chi connectivity index (χ3n) is 3.03. The molecule has 18 heavy (non-hydrogen) atoms. The molecule has 0 atom stereocenters. The molecule has 3 rings (SSSR count). The number of fused-ring (bicyclic) bond motifs is 1. The fraction of sp³-hybridized carbons (Fsp3) is 0.286. The average Bonchev–Trinajstić information content (AvgIpc) is 2.39. The number of aromatic nitrogens is 2. The molecule has 92 valence electrons. The van der Waals surface area contributed by atoms with Crippen molar-refractivity contribution in [3.05, 3.63) is 41.9 Å². The highest BCUT2D eigenvalue weighted by atomic mass is 16.5. The van der Waals surface area contributed by atoms with E-state index in [2.05, 4.69) is 21.4 Å². The summed E-state index contributed by atoms with van der Waals surface area (Å²) in [6, 6.07) is 7.96. The Morgan fingerprint density at radius 1 is 1.28 bits per heavy atom. The number of benzene rings is 1. The van der Waals surface area contributed by atoms with Crippen LogP contribution >= 0.6 is 0 Å². The van der Waals surface area contributed by atoms with Gasteiger partial charge in [0.05, 0.1) is 5.69 Å². The highest BCUT2D eigenvalue weighted by Gasteiger charge is 2.14. The molecule has 0 radical (unpaired) electrons. The molecule has 1 aromatic carbocycles. The third kappa shape index (κ3) is 2.14. The Morgan fingerprint density at radius 3 is 3.11 bits per heavy atom. The first-order valence-corrected chi connectivity index (χ1v) is 6.15. The Morgan fingerprint density at radius 2 is 2.22 bits per heavy atom. The topological polar surface area (TPSA) is 47.0 Å². The first kappa shape index (κ1) is 11.0. The molecule has 0 bridgehead atoms. The lowest BCUT2D eigenvalue weighted by Gasteiger charge is -2.20. The normalized spacial score (nSPS) is 13.6. The lowest BCUT2D eigenvalue weighted by atomic mass is 10.0. The van der Waals surface area contributed by atoms with Crippen molar-refractivity contribution in [2.45, 2.75) is 19.8 Å². The van der Waals surface area contributed by atoms with Crippen LogP contribution in [0.3, 0.4) is 0 Å². The van der Waals surface area contributed by atoms with Gasteiger partial charge in [0.2, 0.25) is 5.88 Å². The van der Waals surface area contributed by atoms with Crippen LogP contribution in [0, 0.1) is 6.92 Å². The molecular formula is C14H15N3O. The van der Waals surface area contributed by atoms with E-state index in [4.69, 9.17) is 4.74 Å². The molecule has 0 spiro atoms. The summed E-state index contributed by atoms with van der Waals surface area (Å²) in [5, 5.41) is 3.40. The monoisotopic (exact) mass is 241 g/mol. The SMILES string of the molecule is Cc1cc(Oc2cccc3c2NCCC3)ncn1. The Labute approximate surface area is 106 Å². The number of hydrogen-bond donors (Lipinski definition) is 1. The van der Waals surface area contributed by atoms with Gasteiger partial charge in [-0.1, -0.05) is 12.1 Å². The summed E-state index contributed by atoms with van der Waals surface area (Å²) in [7, 11) is 0. The summed E-state index contributed by atoms with van der Waals surface area (Å²) in [5.41, 5.74) is 3.31. The molecule has 4 nitrogen and oxygen atoms in total. The maximum absolute atomic E-state index is 5.84. The largest absolute Gasteiger partial charge is 0.437 e. The molecule has 0 fully saturated rings. The van der Waals surface area contributed by atoms with Crippen LogP contribution in [0.25, 0.3) is 0 Å². The lowest BCUT2D eigenvalue weighted by molar-refractivity contribution is 0.461. The maximum atomic E-state index is 5.84. The zero-order valence-electron chi connectivity index (χ0n) is 10.3. The predicted octanol–water partition coefficient (Wildman–Crippen LogP) is 2.94. The number of rotatable bonds is 2. The molecule has 2 aromatic rings. The van der Waals surface area contributed by atoms with E-state index >= 15 is 0 Å². The van der Waals surface area contributed by atoms with Gasteiger partial charge in [0, 0.05) is 18.3 Å². The highest BCUT2D eigenvalue weighted by molar-refractivity contribution is 5.64. The number of hydrogen-bond acceptors (Lipinski definition) is 4. The van der Waals surface area contributed by atoms with Gasteiger partial charge in [0.1, 0.15) is 6.33 Å². The Balaban J connectivity index is 1.93. The van der Waals surface area contributed by atoms with Gasteiger partial charge in [0.15, 0.2) is 5.75 Å². The number of anilines is 1. The van der Waals surface area contributed by atoms with Crippen LogP contribution in [0.15, 0.2) is 30.6 Å². The molecule has 1 aliphatic heterocycles. The summed E-state index contributed by atoms with van der Waals surface area (Å²) in [6.45, 7) is 2.92. The predicted molar refractivity (Wildman–Crippen MR) is 70.1 cm³/mol. The Bertz CT molecular complexity index is 569. The van der Waals surface area contributed by atoms with E-state index in [1.165, 1.54) is 18.3 Å². The van der Waals surface area contributed by atoms with Gasteiger partial charge >= 0.3 is 0 Å². The summed E-state index contributed by atoms with van der Waals surface area (Å²) in [5.74, 6) is 1.42. The minimum atomic E-state index is 0.586. The van der Waals surface area contributed by atoms with Crippen LogP contribution in [-0.4, -0.2) is 16.5 Å². The number of ether oxygens (including phenoxy) is 1. The van der Waals surface area contributed by atoms with Crippen LogP contribution in [0.4, 0.5) is 5.69 Å². The van der Waals surface area contributed by atoms with Crippen molar-refractivity contribution >= 4 is 5.69 Å². The van der Waals surface area contributed by atoms with Crippen molar-refractivity contribution in [1.29, 1.82) is 0 Å². The van der Waals surface area contributed by atoms with E-state index in [0.717, 1.165) is 30.1 Å². The first-order chi connectivity index (χ1) is 8.83.